The number of nitrogens with zero attached hydrogens (tertiary/aromatic N) is 1. The van der Waals surface area contributed by atoms with Crippen LogP contribution < -0.4 is 4.74 Å². The molecule has 1 aromatic heterocycles. The summed E-state index contributed by atoms with van der Waals surface area (Å²) in [4.78, 5) is 4.48. The van der Waals surface area contributed by atoms with Crippen LogP contribution in [0.3, 0.4) is 0 Å². The highest BCUT2D eigenvalue weighted by Gasteiger charge is 2.12. The minimum absolute atomic E-state index is 0.668. The van der Waals surface area contributed by atoms with E-state index in [-0.39, 0.29) is 0 Å². The van der Waals surface area contributed by atoms with Crippen molar-refractivity contribution >= 4 is 0 Å². The van der Waals surface area contributed by atoms with Crippen LogP contribution in [0.15, 0.2) is 42.6 Å². The Labute approximate surface area is 153 Å². The first-order valence-electron chi connectivity index (χ1n) is 9.77. The second kappa shape index (κ2) is 10.2. The number of benzene rings is 1. The van der Waals surface area contributed by atoms with Crippen molar-refractivity contribution in [3.8, 4) is 5.75 Å². The minimum Gasteiger partial charge on any atom is -0.493 e. The van der Waals surface area contributed by atoms with Gasteiger partial charge >= 0.3 is 0 Å². The van der Waals surface area contributed by atoms with Gasteiger partial charge in [0.25, 0.3) is 0 Å². The Morgan fingerprint density at radius 2 is 1.64 bits per heavy atom. The molecular formula is C23H33NO. The summed E-state index contributed by atoms with van der Waals surface area (Å²) in [5.41, 5.74) is 3.77. The summed E-state index contributed by atoms with van der Waals surface area (Å²) >= 11 is 0. The summed E-state index contributed by atoms with van der Waals surface area (Å²) in [6.07, 6.45) is 7.58. The lowest BCUT2D eigenvalue weighted by molar-refractivity contribution is 0.320. The molecule has 0 bridgehead atoms. The average Bonchev–Trinajstić information content (AvgIpc) is 2.64. The van der Waals surface area contributed by atoms with E-state index in [1.165, 1.54) is 24.0 Å². The third kappa shape index (κ3) is 6.53. The molecular weight excluding hydrogens is 306 g/mol. The van der Waals surface area contributed by atoms with Gasteiger partial charge in [0.1, 0.15) is 5.75 Å². The predicted molar refractivity (Wildman–Crippen MR) is 106 cm³/mol. The van der Waals surface area contributed by atoms with Crippen molar-refractivity contribution in [2.45, 2.75) is 59.8 Å². The molecule has 25 heavy (non-hydrogen) atoms. The molecule has 1 aromatic carbocycles. The van der Waals surface area contributed by atoms with Crippen molar-refractivity contribution in [3.05, 3.63) is 59.4 Å². The molecule has 0 aliphatic heterocycles. The van der Waals surface area contributed by atoms with Crippen LogP contribution in [-0.2, 0) is 19.3 Å². The van der Waals surface area contributed by atoms with Gasteiger partial charge in [-0.15, -0.1) is 0 Å². The summed E-state index contributed by atoms with van der Waals surface area (Å²) in [6, 6.07) is 12.9. The van der Waals surface area contributed by atoms with Gasteiger partial charge in [-0.3, -0.25) is 4.98 Å². The van der Waals surface area contributed by atoms with Crippen molar-refractivity contribution < 1.29 is 4.74 Å². The van der Waals surface area contributed by atoms with Gasteiger partial charge in [0.05, 0.1) is 6.61 Å². The Morgan fingerprint density at radius 1 is 0.920 bits per heavy atom. The number of pyridine rings is 1. The van der Waals surface area contributed by atoms with Crippen LogP contribution >= 0.6 is 0 Å². The highest BCUT2D eigenvalue weighted by molar-refractivity contribution is 5.27. The molecule has 0 aliphatic carbocycles. The van der Waals surface area contributed by atoms with Gasteiger partial charge in [-0.2, -0.15) is 0 Å². The molecule has 0 aliphatic rings. The van der Waals surface area contributed by atoms with Gasteiger partial charge < -0.3 is 4.74 Å². The van der Waals surface area contributed by atoms with E-state index in [9.17, 15) is 0 Å². The summed E-state index contributed by atoms with van der Waals surface area (Å²) in [5, 5.41) is 0. The van der Waals surface area contributed by atoms with Gasteiger partial charge in [-0.05, 0) is 54.0 Å². The lowest BCUT2D eigenvalue weighted by Crippen LogP contribution is -2.10. The van der Waals surface area contributed by atoms with E-state index in [4.69, 9.17) is 4.74 Å². The molecule has 2 rings (SSSR count). The zero-order valence-electron chi connectivity index (χ0n) is 16.3. The molecule has 0 saturated heterocycles. The molecule has 2 nitrogen and oxygen atoms in total. The topological polar surface area (TPSA) is 22.1 Å². The smallest absolute Gasteiger partial charge is 0.119 e. The Bertz CT molecular complexity index is 603. The molecule has 0 radical (unpaired) electrons. The maximum absolute atomic E-state index is 5.87. The molecule has 2 aromatic rings. The van der Waals surface area contributed by atoms with Crippen LogP contribution in [0.25, 0.3) is 0 Å². The van der Waals surface area contributed by atoms with Crippen LogP contribution in [0, 0.1) is 11.8 Å². The standard InChI is InChI=1S/C23H33NO/c1-5-7-18(3)19(4)16-21-9-12-23(13-10-21)25-15-14-22-11-8-20(6-2)17-24-22/h8-13,17-19H,5-7,14-16H2,1-4H3. The number of ether oxygens (including phenoxy) is 1. The van der Waals surface area contributed by atoms with Crippen LogP contribution in [0.4, 0.5) is 0 Å². The Hall–Kier alpha value is -1.83. The van der Waals surface area contributed by atoms with Crippen LogP contribution in [0.1, 0.15) is 57.4 Å². The molecule has 0 amide bonds. The van der Waals surface area contributed by atoms with Crippen molar-refractivity contribution in [1.82, 2.24) is 4.98 Å². The minimum atomic E-state index is 0.668. The van der Waals surface area contributed by atoms with Gasteiger partial charge in [0.2, 0.25) is 0 Å². The van der Waals surface area contributed by atoms with Gasteiger partial charge in [0.15, 0.2) is 0 Å². The van der Waals surface area contributed by atoms with Gasteiger partial charge in [-0.1, -0.05) is 58.7 Å². The van der Waals surface area contributed by atoms with E-state index in [0.717, 1.165) is 42.5 Å². The molecule has 0 N–H and O–H groups in total. The lowest BCUT2D eigenvalue weighted by Gasteiger charge is -2.19. The fourth-order valence-electron chi connectivity index (χ4n) is 3.12. The maximum atomic E-state index is 5.87. The molecule has 0 spiro atoms. The highest BCUT2D eigenvalue weighted by Crippen LogP contribution is 2.22. The lowest BCUT2D eigenvalue weighted by atomic mass is 9.87. The van der Waals surface area contributed by atoms with Crippen molar-refractivity contribution in [2.24, 2.45) is 11.8 Å². The predicted octanol–water partition coefficient (Wildman–Crippen LogP) is 5.88. The third-order valence-electron chi connectivity index (χ3n) is 5.12. The number of hydrogen-bond donors (Lipinski definition) is 0. The summed E-state index contributed by atoms with van der Waals surface area (Å²) < 4.78 is 5.87. The summed E-state index contributed by atoms with van der Waals surface area (Å²) in [7, 11) is 0. The first-order chi connectivity index (χ1) is 12.1. The molecule has 2 atom stereocenters. The number of rotatable bonds is 10. The van der Waals surface area contributed by atoms with E-state index < -0.39 is 0 Å². The van der Waals surface area contributed by atoms with E-state index in [2.05, 4.69) is 69.1 Å². The fourth-order valence-corrected chi connectivity index (χ4v) is 3.12. The largest absolute Gasteiger partial charge is 0.493 e. The Balaban J connectivity index is 1.77. The molecule has 0 saturated carbocycles. The third-order valence-corrected chi connectivity index (χ3v) is 5.12. The van der Waals surface area contributed by atoms with E-state index >= 15 is 0 Å². The molecule has 2 unspecified atom stereocenters. The molecule has 0 fully saturated rings. The maximum Gasteiger partial charge on any atom is 0.119 e. The Morgan fingerprint density at radius 3 is 2.24 bits per heavy atom. The fraction of sp³-hybridized carbons (Fsp3) is 0.522. The van der Waals surface area contributed by atoms with E-state index in [0.29, 0.717) is 6.61 Å². The number of aromatic nitrogens is 1. The molecule has 2 heteroatoms. The first-order valence-corrected chi connectivity index (χ1v) is 9.77. The normalized spacial score (nSPS) is 13.4. The van der Waals surface area contributed by atoms with Crippen LogP contribution in [-0.4, -0.2) is 11.6 Å². The summed E-state index contributed by atoms with van der Waals surface area (Å²) in [5.74, 6) is 2.46. The first kappa shape index (κ1) is 19.5. The number of hydrogen-bond acceptors (Lipinski definition) is 2. The van der Waals surface area contributed by atoms with Crippen molar-refractivity contribution in [3.63, 3.8) is 0 Å². The quantitative estimate of drug-likeness (QED) is 0.539. The molecule has 1 heterocycles. The summed E-state index contributed by atoms with van der Waals surface area (Å²) in [6.45, 7) is 9.81. The number of aryl methyl sites for hydroxylation is 1. The highest BCUT2D eigenvalue weighted by atomic mass is 16.5. The van der Waals surface area contributed by atoms with Gasteiger partial charge in [0, 0.05) is 18.3 Å². The SMILES string of the molecule is CCCC(C)C(C)Cc1ccc(OCCc2ccc(CC)cn2)cc1. The van der Waals surface area contributed by atoms with Crippen LogP contribution in [0.2, 0.25) is 0 Å². The molecule has 136 valence electrons. The van der Waals surface area contributed by atoms with E-state index in [1.54, 1.807) is 0 Å². The monoisotopic (exact) mass is 339 g/mol. The van der Waals surface area contributed by atoms with Crippen molar-refractivity contribution in [2.75, 3.05) is 6.61 Å². The zero-order chi connectivity index (χ0) is 18.1. The average molecular weight is 340 g/mol. The Kier molecular flexibility index (Phi) is 7.97. The second-order valence-corrected chi connectivity index (χ2v) is 7.20. The zero-order valence-corrected chi connectivity index (χ0v) is 16.3. The second-order valence-electron chi connectivity index (χ2n) is 7.20. The van der Waals surface area contributed by atoms with Crippen LogP contribution in [0.5, 0.6) is 5.75 Å². The van der Waals surface area contributed by atoms with Gasteiger partial charge in [-0.25, -0.2) is 0 Å². The van der Waals surface area contributed by atoms with Crippen molar-refractivity contribution in [1.29, 1.82) is 0 Å². The van der Waals surface area contributed by atoms with E-state index in [1.807, 2.05) is 6.20 Å².